The van der Waals surface area contributed by atoms with Crippen molar-refractivity contribution in [3.8, 4) is 0 Å². The fourth-order valence-electron chi connectivity index (χ4n) is 2.33. The van der Waals surface area contributed by atoms with E-state index in [1.165, 1.54) is 0 Å². The van der Waals surface area contributed by atoms with E-state index in [0.717, 1.165) is 23.0 Å². The molecule has 0 radical (unpaired) electrons. The minimum atomic E-state index is -0.369. The Balaban J connectivity index is 1.82. The van der Waals surface area contributed by atoms with E-state index in [1.54, 1.807) is 18.2 Å². The number of nitro groups is 1. The molecule has 0 saturated heterocycles. The first-order valence-electron chi connectivity index (χ1n) is 6.69. The van der Waals surface area contributed by atoms with Gasteiger partial charge in [-0.05, 0) is 17.7 Å². The molecule has 0 aliphatic heterocycles. The lowest BCUT2D eigenvalue weighted by Crippen LogP contribution is -1.93. The van der Waals surface area contributed by atoms with Crippen molar-refractivity contribution >= 4 is 22.7 Å². The average Bonchev–Trinajstić information content (AvgIpc) is 2.91. The minimum Gasteiger partial charge on any atom is -0.344 e. The molecule has 3 rings (SSSR count). The van der Waals surface area contributed by atoms with E-state index < -0.39 is 0 Å². The largest absolute Gasteiger partial charge is 0.344 e. The van der Waals surface area contributed by atoms with Crippen molar-refractivity contribution in [1.29, 1.82) is 0 Å². The summed E-state index contributed by atoms with van der Waals surface area (Å²) in [4.78, 5) is 10.4. The van der Waals surface area contributed by atoms with Crippen LogP contribution in [0.4, 0.5) is 5.69 Å². The molecular formula is C17H14N2O2. The van der Waals surface area contributed by atoms with E-state index in [9.17, 15) is 10.1 Å². The molecule has 3 aromatic rings. The number of nitrogens with zero attached hydrogens (tertiary/aromatic N) is 2. The van der Waals surface area contributed by atoms with Crippen molar-refractivity contribution in [2.45, 2.75) is 6.54 Å². The molecule has 104 valence electrons. The van der Waals surface area contributed by atoms with Crippen LogP contribution in [0.5, 0.6) is 0 Å². The highest BCUT2D eigenvalue weighted by Crippen LogP contribution is 2.22. The summed E-state index contributed by atoms with van der Waals surface area (Å²) in [6, 6.07) is 16.9. The van der Waals surface area contributed by atoms with Crippen molar-refractivity contribution in [1.82, 2.24) is 4.57 Å². The van der Waals surface area contributed by atoms with Crippen molar-refractivity contribution < 1.29 is 4.92 Å². The number of benzene rings is 2. The van der Waals surface area contributed by atoms with Crippen LogP contribution in [0, 0.1) is 10.1 Å². The summed E-state index contributed by atoms with van der Waals surface area (Å²) in [6.07, 6.45) is 6.09. The highest BCUT2D eigenvalue weighted by molar-refractivity contribution is 5.82. The summed E-state index contributed by atoms with van der Waals surface area (Å²) in [7, 11) is 0. The number of allylic oxidation sites excluding steroid dienone is 1. The summed E-state index contributed by atoms with van der Waals surface area (Å²) in [6.45, 7) is 0.732. The smallest absolute Gasteiger partial charge is 0.270 e. The Bertz CT molecular complexity index is 804. The lowest BCUT2D eigenvalue weighted by Gasteiger charge is -2.01. The van der Waals surface area contributed by atoms with Crippen LogP contribution in [-0.4, -0.2) is 9.49 Å². The van der Waals surface area contributed by atoms with Gasteiger partial charge in [-0.3, -0.25) is 10.1 Å². The van der Waals surface area contributed by atoms with Gasteiger partial charge < -0.3 is 4.57 Å². The predicted octanol–water partition coefficient (Wildman–Crippen LogP) is 4.26. The first-order valence-corrected chi connectivity index (χ1v) is 6.69. The van der Waals surface area contributed by atoms with E-state index in [-0.39, 0.29) is 10.6 Å². The highest BCUT2D eigenvalue weighted by atomic mass is 16.6. The van der Waals surface area contributed by atoms with Gasteiger partial charge >= 0.3 is 0 Å². The molecular weight excluding hydrogens is 264 g/mol. The van der Waals surface area contributed by atoms with Gasteiger partial charge in [-0.1, -0.05) is 42.5 Å². The van der Waals surface area contributed by atoms with Gasteiger partial charge in [-0.2, -0.15) is 0 Å². The second-order valence-corrected chi connectivity index (χ2v) is 4.78. The zero-order chi connectivity index (χ0) is 14.7. The van der Waals surface area contributed by atoms with E-state index in [1.807, 2.05) is 42.6 Å². The van der Waals surface area contributed by atoms with Crippen LogP contribution in [0.1, 0.15) is 5.56 Å². The summed E-state index contributed by atoms with van der Waals surface area (Å²) < 4.78 is 2.07. The quantitative estimate of drug-likeness (QED) is 0.528. The molecule has 0 aliphatic rings. The van der Waals surface area contributed by atoms with Crippen molar-refractivity contribution in [3.05, 3.63) is 82.5 Å². The van der Waals surface area contributed by atoms with Gasteiger partial charge in [-0.25, -0.2) is 0 Å². The number of rotatable bonds is 4. The Morgan fingerprint density at radius 3 is 2.67 bits per heavy atom. The fraction of sp³-hybridized carbons (Fsp3) is 0.0588. The fourth-order valence-corrected chi connectivity index (χ4v) is 2.33. The maximum Gasteiger partial charge on any atom is 0.270 e. The van der Waals surface area contributed by atoms with Gasteiger partial charge in [0.15, 0.2) is 0 Å². The Hall–Kier alpha value is -2.88. The third kappa shape index (κ3) is 2.84. The summed E-state index contributed by atoms with van der Waals surface area (Å²) >= 11 is 0. The van der Waals surface area contributed by atoms with E-state index in [0.29, 0.717) is 0 Å². The van der Waals surface area contributed by atoms with Crippen LogP contribution >= 0.6 is 0 Å². The lowest BCUT2D eigenvalue weighted by atomic mass is 10.2. The lowest BCUT2D eigenvalue weighted by molar-refractivity contribution is -0.384. The van der Waals surface area contributed by atoms with Gasteiger partial charge in [0.25, 0.3) is 5.69 Å². The zero-order valence-electron chi connectivity index (χ0n) is 11.3. The monoisotopic (exact) mass is 278 g/mol. The van der Waals surface area contributed by atoms with Gasteiger partial charge in [0.05, 0.1) is 4.92 Å². The summed E-state index contributed by atoms with van der Waals surface area (Å²) in [5.74, 6) is 0. The third-order valence-corrected chi connectivity index (χ3v) is 3.38. The Morgan fingerprint density at radius 2 is 1.90 bits per heavy atom. The predicted molar refractivity (Wildman–Crippen MR) is 84.1 cm³/mol. The normalized spacial score (nSPS) is 11.2. The number of aromatic nitrogens is 1. The topological polar surface area (TPSA) is 48.1 Å². The first-order chi connectivity index (χ1) is 10.2. The first kappa shape index (κ1) is 13.1. The average molecular weight is 278 g/mol. The Morgan fingerprint density at radius 1 is 1.10 bits per heavy atom. The highest BCUT2D eigenvalue weighted by Gasteiger charge is 2.07. The molecule has 0 saturated carbocycles. The van der Waals surface area contributed by atoms with Crippen LogP contribution in [0.3, 0.4) is 0 Å². The second kappa shape index (κ2) is 5.63. The van der Waals surface area contributed by atoms with Crippen molar-refractivity contribution in [2.24, 2.45) is 0 Å². The van der Waals surface area contributed by atoms with Gasteiger partial charge in [0.1, 0.15) is 0 Å². The molecule has 0 bridgehead atoms. The molecule has 0 unspecified atom stereocenters. The third-order valence-electron chi connectivity index (χ3n) is 3.38. The van der Waals surface area contributed by atoms with Crippen LogP contribution in [0.15, 0.2) is 66.9 Å². The van der Waals surface area contributed by atoms with Crippen LogP contribution in [0.2, 0.25) is 0 Å². The molecule has 1 heterocycles. The molecule has 0 amide bonds. The standard InChI is InChI=1S/C17H14N2O2/c20-19(21)16-8-9-17-15(13-16)10-12-18(17)11-4-7-14-5-2-1-3-6-14/h1-10,12-13H,11H2/b7-4+. The second-order valence-electron chi connectivity index (χ2n) is 4.78. The van der Waals surface area contributed by atoms with Gasteiger partial charge in [-0.15, -0.1) is 0 Å². The van der Waals surface area contributed by atoms with Crippen LogP contribution < -0.4 is 0 Å². The summed E-state index contributed by atoms with van der Waals surface area (Å²) in [5, 5.41) is 11.7. The molecule has 21 heavy (non-hydrogen) atoms. The molecule has 4 heteroatoms. The number of fused-ring (bicyclic) bond motifs is 1. The van der Waals surface area contributed by atoms with E-state index >= 15 is 0 Å². The number of hydrogen-bond donors (Lipinski definition) is 0. The summed E-state index contributed by atoms with van der Waals surface area (Å²) in [5.41, 5.74) is 2.28. The zero-order valence-corrected chi connectivity index (χ0v) is 11.3. The minimum absolute atomic E-state index is 0.125. The molecule has 0 fully saturated rings. The van der Waals surface area contributed by atoms with Crippen molar-refractivity contribution in [3.63, 3.8) is 0 Å². The Labute approximate surface area is 122 Å². The number of non-ortho nitro benzene ring substituents is 1. The van der Waals surface area contributed by atoms with E-state index in [4.69, 9.17) is 0 Å². The molecule has 2 aromatic carbocycles. The van der Waals surface area contributed by atoms with Crippen LogP contribution in [0.25, 0.3) is 17.0 Å². The van der Waals surface area contributed by atoms with E-state index in [2.05, 4.69) is 16.7 Å². The SMILES string of the molecule is O=[N+]([O-])c1ccc2c(ccn2C/C=C/c2ccccc2)c1. The van der Waals surface area contributed by atoms with Crippen LogP contribution in [-0.2, 0) is 6.54 Å². The molecule has 4 nitrogen and oxygen atoms in total. The maximum absolute atomic E-state index is 10.8. The van der Waals surface area contributed by atoms with Gasteiger partial charge in [0.2, 0.25) is 0 Å². The number of hydrogen-bond acceptors (Lipinski definition) is 2. The molecule has 0 spiro atoms. The molecule has 0 N–H and O–H groups in total. The molecule has 0 aliphatic carbocycles. The molecule has 0 atom stereocenters. The van der Waals surface area contributed by atoms with Gasteiger partial charge in [0, 0.05) is 35.8 Å². The number of nitro benzene ring substituents is 1. The van der Waals surface area contributed by atoms with Crippen molar-refractivity contribution in [2.75, 3.05) is 0 Å². The molecule has 1 aromatic heterocycles. The maximum atomic E-state index is 10.8. The Kier molecular flexibility index (Phi) is 3.51.